The van der Waals surface area contributed by atoms with Gasteiger partial charge in [0.1, 0.15) is 6.29 Å². The molecule has 1 amide bonds. The van der Waals surface area contributed by atoms with Crippen LogP contribution in [0, 0.1) is 0 Å². The first kappa shape index (κ1) is 17.4. The van der Waals surface area contributed by atoms with Crippen molar-refractivity contribution in [2.24, 2.45) is 0 Å². The molecule has 0 aromatic heterocycles. The summed E-state index contributed by atoms with van der Waals surface area (Å²) in [5.41, 5.74) is 1.40. The highest BCUT2D eigenvalue weighted by molar-refractivity contribution is 7.78. The van der Waals surface area contributed by atoms with E-state index in [1.807, 2.05) is 26.0 Å². The number of carbonyl (C=O) groups excluding carboxylic acids is 2. The molecule has 0 spiro atoms. The van der Waals surface area contributed by atoms with E-state index in [-0.39, 0.29) is 19.0 Å². The molecule has 0 unspecified atom stereocenters. The summed E-state index contributed by atoms with van der Waals surface area (Å²) in [5, 5.41) is 0. The normalized spacial score (nSPS) is 8.88. The molecular weight excluding hydrogens is 226 g/mol. The molecule has 0 aliphatic heterocycles. The Morgan fingerprint density at radius 1 is 1.19 bits per heavy atom. The van der Waals surface area contributed by atoms with Crippen molar-refractivity contribution in [2.45, 2.75) is 0 Å². The van der Waals surface area contributed by atoms with Gasteiger partial charge in [-0.1, -0.05) is 12.2 Å². The number of thiocarbonyl (C=S) groups is 1. The predicted octanol–water partition coefficient (Wildman–Crippen LogP) is -0.289. The van der Waals surface area contributed by atoms with Crippen LogP contribution in [0.2, 0.25) is 0 Å². The van der Waals surface area contributed by atoms with Crippen molar-refractivity contribution in [2.75, 3.05) is 48.3 Å². The lowest BCUT2D eigenvalue weighted by atomic mass is 10.5. The van der Waals surface area contributed by atoms with Crippen LogP contribution in [0.1, 0.15) is 0 Å². The summed E-state index contributed by atoms with van der Waals surface area (Å²) in [6, 6.07) is 0. The molecule has 5 nitrogen and oxygen atoms in total. The van der Waals surface area contributed by atoms with E-state index >= 15 is 0 Å². The van der Waals surface area contributed by atoms with Crippen LogP contribution in [0.15, 0.2) is 0 Å². The van der Waals surface area contributed by atoms with Crippen molar-refractivity contribution in [1.82, 2.24) is 14.7 Å². The third kappa shape index (κ3) is 13.0. The van der Waals surface area contributed by atoms with E-state index in [9.17, 15) is 9.59 Å². The minimum Gasteiger partial charge on any atom is -0.362 e. The summed E-state index contributed by atoms with van der Waals surface area (Å²) in [6.07, 6.45) is 0.690. The van der Waals surface area contributed by atoms with Crippen molar-refractivity contribution >= 4 is 29.9 Å². The Kier molecular flexibility index (Phi) is 11.4. The molecule has 0 bridgehead atoms. The Bertz CT molecular complexity index is 219. The van der Waals surface area contributed by atoms with Crippen LogP contribution < -0.4 is 0 Å². The van der Waals surface area contributed by atoms with Gasteiger partial charge in [0, 0.05) is 14.1 Å². The molecule has 0 aliphatic carbocycles. The first-order chi connectivity index (χ1) is 7.34. The highest BCUT2D eigenvalue weighted by Crippen LogP contribution is 1.85. The maximum Gasteiger partial charge on any atom is 0.242 e. The number of hydrogen-bond donors (Lipinski definition) is 0. The lowest BCUT2D eigenvalue weighted by Gasteiger charge is -2.17. The Morgan fingerprint density at radius 3 is 1.94 bits per heavy atom. The highest BCUT2D eigenvalue weighted by Gasteiger charge is 2.08. The first-order valence-corrected chi connectivity index (χ1v) is 5.26. The van der Waals surface area contributed by atoms with Gasteiger partial charge in [-0.3, -0.25) is 4.79 Å². The van der Waals surface area contributed by atoms with Crippen molar-refractivity contribution in [3.05, 3.63) is 0 Å². The number of rotatable bonds is 5. The standard InChI is InChI=1S/C7H12N2O2S.C3H9N/c1-8(6-12)5-7(11)9(2)3-4-10;1-4(2)3/h4,6H,3,5H2,1-2H3;1-3H3. The molecule has 0 rings (SSSR count). The molecule has 0 aliphatic rings. The van der Waals surface area contributed by atoms with Gasteiger partial charge in [0.15, 0.2) is 0 Å². The third-order valence-corrected chi connectivity index (χ3v) is 1.70. The fourth-order valence-corrected chi connectivity index (χ4v) is 0.659. The summed E-state index contributed by atoms with van der Waals surface area (Å²) in [4.78, 5) is 26.1. The van der Waals surface area contributed by atoms with Crippen molar-refractivity contribution in [1.29, 1.82) is 0 Å². The summed E-state index contributed by atoms with van der Waals surface area (Å²) in [5.74, 6) is -0.120. The van der Waals surface area contributed by atoms with Crippen LogP contribution in [-0.4, -0.2) is 80.7 Å². The van der Waals surface area contributed by atoms with E-state index in [0.717, 1.165) is 0 Å². The average Bonchev–Trinajstić information content (AvgIpc) is 2.17. The molecular formula is C10H21N3O2S. The number of carbonyl (C=O) groups is 2. The lowest BCUT2D eigenvalue weighted by Crippen LogP contribution is -2.36. The third-order valence-electron chi connectivity index (χ3n) is 1.34. The minimum atomic E-state index is -0.120. The first-order valence-electron chi connectivity index (χ1n) is 4.79. The molecule has 0 N–H and O–H groups in total. The molecule has 0 aromatic carbocycles. The average molecular weight is 247 g/mol. The SMILES string of the molecule is CN(C)C.CN(C=S)CC(=O)N(C)CC=O. The van der Waals surface area contributed by atoms with E-state index < -0.39 is 0 Å². The van der Waals surface area contributed by atoms with E-state index in [0.29, 0.717) is 6.29 Å². The van der Waals surface area contributed by atoms with Gasteiger partial charge in [0.05, 0.1) is 18.6 Å². The van der Waals surface area contributed by atoms with Crippen molar-refractivity contribution in [3.8, 4) is 0 Å². The van der Waals surface area contributed by atoms with Crippen LogP contribution in [0.5, 0.6) is 0 Å². The lowest BCUT2D eigenvalue weighted by molar-refractivity contribution is -0.131. The Hall–Kier alpha value is -1.01. The van der Waals surface area contributed by atoms with Gasteiger partial charge >= 0.3 is 0 Å². The molecule has 0 saturated heterocycles. The number of likely N-dealkylation sites (N-methyl/N-ethyl adjacent to an activating group) is 2. The van der Waals surface area contributed by atoms with Gasteiger partial charge in [-0.05, 0) is 21.1 Å². The second-order valence-electron chi connectivity index (χ2n) is 3.80. The Labute approximate surface area is 103 Å². The van der Waals surface area contributed by atoms with Crippen LogP contribution in [-0.2, 0) is 9.59 Å². The minimum absolute atomic E-state index is 0.120. The van der Waals surface area contributed by atoms with Gasteiger partial charge in [0.25, 0.3) is 0 Å². The van der Waals surface area contributed by atoms with E-state index in [1.54, 1.807) is 19.0 Å². The van der Waals surface area contributed by atoms with Gasteiger partial charge in [-0.25, -0.2) is 0 Å². The number of amides is 1. The molecule has 0 fully saturated rings. The van der Waals surface area contributed by atoms with E-state index in [4.69, 9.17) is 0 Å². The van der Waals surface area contributed by atoms with Gasteiger partial charge in [0.2, 0.25) is 5.91 Å². The number of hydrogen-bond acceptors (Lipinski definition) is 4. The maximum absolute atomic E-state index is 11.2. The second kappa shape index (κ2) is 10.5. The highest BCUT2D eigenvalue weighted by atomic mass is 32.1. The molecule has 16 heavy (non-hydrogen) atoms. The molecule has 6 heteroatoms. The number of nitrogens with zero attached hydrogens (tertiary/aromatic N) is 3. The van der Waals surface area contributed by atoms with E-state index in [1.165, 1.54) is 10.4 Å². The summed E-state index contributed by atoms with van der Waals surface area (Å²) >= 11 is 4.60. The zero-order valence-corrected chi connectivity index (χ0v) is 11.5. The largest absolute Gasteiger partial charge is 0.362 e. The smallest absolute Gasteiger partial charge is 0.242 e. The second-order valence-corrected chi connectivity index (χ2v) is 4.01. The quantitative estimate of drug-likeness (QED) is 0.493. The zero-order valence-electron chi connectivity index (χ0n) is 10.6. The summed E-state index contributed by atoms with van der Waals surface area (Å²) in [6.45, 7) is 0.345. The molecule has 0 saturated carbocycles. The fraction of sp³-hybridized carbons (Fsp3) is 0.700. The van der Waals surface area contributed by atoms with Gasteiger partial charge in [-0.2, -0.15) is 0 Å². The van der Waals surface area contributed by atoms with Gasteiger partial charge in [-0.15, -0.1) is 0 Å². The maximum atomic E-state index is 11.2. The number of aldehydes is 1. The fourth-order valence-electron chi connectivity index (χ4n) is 0.585. The monoisotopic (exact) mass is 247 g/mol. The molecule has 0 heterocycles. The van der Waals surface area contributed by atoms with Crippen LogP contribution in [0.4, 0.5) is 0 Å². The molecule has 0 radical (unpaired) electrons. The van der Waals surface area contributed by atoms with Gasteiger partial charge < -0.3 is 19.5 Å². The zero-order chi connectivity index (χ0) is 13.1. The van der Waals surface area contributed by atoms with Crippen molar-refractivity contribution < 1.29 is 9.59 Å². The molecule has 0 atom stereocenters. The van der Waals surface area contributed by atoms with E-state index in [2.05, 4.69) is 12.2 Å². The Morgan fingerprint density at radius 2 is 1.62 bits per heavy atom. The van der Waals surface area contributed by atoms with Crippen LogP contribution in [0.3, 0.4) is 0 Å². The topological polar surface area (TPSA) is 43.9 Å². The van der Waals surface area contributed by atoms with Crippen LogP contribution >= 0.6 is 12.2 Å². The predicted molar refractivity (Wildman–Crippen MR) is 69.6 cm³/mol. The van der Waals surface area contributed by atoms with Crippen molar-refractivity contribution in [3.63, 3.8) is 0 Å². The summed E-state index contributed by atoms with van der Waals surface area (Å²) < 4.78 is 0. The Balaban J connectivity index is 0. The molecule has 94 valence electrons. The molecule has 0 aromatic rings. The summed E-state index contributed by atoms with van der Waals surface area (Å²) in [7, 11) is 9.29. The van der Waals surface area contributed by atoms with Crippen LogP contribution in [0.25, 0.3) is 0 Å².